The summed E-state index contributed by atoms with van der Waals surface area (Å²) in [6.45, 7) is 10.1. The molecule has 3 aromatic rings. The highest BCUT2D eigenvalue weighted by molar-refractivity contribution is 6.32. The minimum atomic E-state index is -0.00453. The van der Waals surface area contributed by atoms with Crippen molar-refractivity contribution in [3.63, 3.8) is 0 Å². The maximum Gasteiger partial charge on any atom is 0.268 e. The van der Waals surface area contributed by atoms with E-state index >= 15 is 0 Å². The second-order valence-electron chi connectivity index (χ2n) is 8.06. The van der Waals surface area contributed by atoms with Gasteiger partial charge in [0.15, 0.2) is 0 Å². The van der Waals surface area contributed by atoms with Crippen LogP contribution in [-0.2, 0) is 12.0 Å². The van der Waals surface area contributed by atoms with E-state index in [-0.39, 0.29) is 11.3 Å². The van der Waals surface area contributed by atoms with E-state index in [1.165, 1.54) is 5.56 Å². The monoisotopic (exact) mass is 366 g/mol. The van der Waals surface area contributed by atoms with Gasteiger partial charge in [-0.3, -0.25) is 4.79 Å². The summed E-state index contributed by atoms with van der Waals surface area (Å²) < 4.78 is 2.15. The summed E-state index contributed by atoms with van der Waals surface area (Å²) in [5.41, 5.74) is 6.46. The molecule has 1 aliphatic heterocycles. The van der Waals surface area contributed by atoms with Gasteiger partial charge in [0, 0.05) is 29.1 Å². The van der Waals surface area contributed by atoms with Crippen LogP contribution in [0.2, 0.25) is 5.02 Å². The first-order valence-electron chi connectivity index (χ1n) is 8.99. The topological polar surface area (TPSA) is 34.0 Å². The lowest BCUT2D eigenvalue weighted by atomic mass is 9.86. The third-order valence-corrected chi connectivity index (χ3v) is 5.49. The highest BCUT2D eigenvalue weighted by Crippen LogP contribution is 2.38. The second-order valence-corrected chi connectivity index (χ2v) is 8.49. The van der Waals surface area contributed by atoms with Crippen LogP contribution in [0.15, 0.2) is 36.4 Å². The molecule has 26 heavy (non-hydrogen) atoms. The number of hydrogen-bond donors (Lipinski definition) is 1. The van der Waals surface area contributed by atoms with E-state index in [1.54, 1.807) is 0 Å². The summed E-state index contributed by atoms with van der Waals surface area (Å²) in [6, 6.07) is 12.7. The molecule has 1 amide bonds. The molecule has 0 saturated heterocycles. The van der Waals surface area contributed by atoms with E-state index in [2.05, 4.69) is 54.9 Å². The van der Waals surface area contributed by atoms with Gasteiger partial charge in [-0.05, 0) is 41.2 Å². The van der Waals surface area contributed by atoms with Gasteiger partial charge >= 0.3 is 0 Å². The van der Waals surface area contributed by atoms with Crippen molar-refractivity contribution in [1.82, 2.24) is 9.88 Å². The van der Waals surface area contributed by atoms with Crippen LogP contribution in [0.1, 0.15) is 42.4 Å². The Hall–Kier alpha value is -2.26. The smallest absolute Gasteiger partial charge is 0.268 e. The largest absolute Gasteiger partial charge is 0.349 e. The summed E-state index contributed by atoms with van der Waals surface area (Å²) in [4.78, 5) is 12.4. The van der Waals surface area contributed by atoms with Crippen LogP contribution in [0, 0.1) is 6.92 Å². The van der Waals surface area contributed by atoms with Crippen molar-refractivity contribution in [2.75, 3.05) is 6.54 Å². The molecule has 0 unspecified atom stereocenters. The average Bonchev–Trinajstić information content (AvgIpc) is 2.87. The molecule has 0 aliphatic carbocycles. The third-order valence-electron chi connectivity index (χ3n) is 5.27. The van der Waals surface area contributed by atoms with E-state index in [0.717, 1.165) is 39.8 Å². The SMILES string of the molecule is Cc1c2n(c3c(-c4ccc(C(C)(C)C)cc4)cc(Cl)cc13)CCNC2=O. The molecule has 2 aromatic carbocycles. The van der Waals surface area contributed by atoms with Crippen LogP contribution in [0.4, 0.5) is 0 Å². The van der Waals surface area contributed by atoms with E-state index in [0.29, 0.717) is 11.6 Å². The summed E-state index contributed by atoms with van der Waals surface area (Å²) in [5, 5.41) is 4.69. The Morgan fingerprint density at radius 1 is 1.12 bits per heavy atom. The number of carbonyl (C=O) groups excluding carboxylic acids is 1. The Kier molecular flexibility index (Phi) is 3.89. The van der Waals surface area contributed by atoms with Gasteiger partial charge in [0.2, 0.25) is 0 Å². The van der Waals surface area contributed by atoms with Crippen molar-refractivity contribution in [2.24, 2.45) is 0 Å². The number of nitrogens with zero attached hydrogens (tertiary/aromatic N) is 1. The fourth-order valence-electron chi connectivity index (χ4n) is 3.87. The van der Waals surface area contributed by atoms with Crippen LogP contribution < -0.4 is 5.32 Å². The molecular weight excluding hydrogens is 344 g/mol. The van der Waals surface area contributed by atoms with Crippen molar-refractivity contribution in [1.29, 1.82) is 0 Å². The lowest BCUT2D eigenvalue weighted by Crippen LogP contribution is -2.35. The van der Waals surface area contributed by atoms with Gasteiger partial charge in [-0.25, -0.2) is 0 Å². The zero-order valence-electron chi connectivity index (χ0n) is 15.6. The molecule has 1 aromatic heterocycles. The molecule has 0 fully saturated rings. The Labute approximate surface area is 159 Å². The Morgan fingerprint density at radius 2 is 1.81 bits per heavy atom. The number of benzene rings is 2. The molecule has 0 radical (unpaired) electrons. The summed E-state index contributed by atoms with van der Waals surface area (Å²) >= 11 is 6.44. The van der Waals surface area contributed by atoms with E-state index < -0.39 is 0 Å². The minimum Gasteiger partial charge on any atom is -0.349 e. The Balaban J connectivity index is 1.98. The quantitative estimate of drug-likeness (QED) is 0.622. The van der Waals surface area contributed by atoms with Gasteiger partial charge in [0.25, 0.3) is 5.91 Å². The van der Waals surface area contributed by atoms with Gasteiger partial charge < -0.3 is 9.88 Å². The van der Waals surface area contributed by atoms with E-state index in [9.17, 15) is 4.79 Å². The summed E-state index contributed by atoms with van der Waals surface area (Å²) in [5.74, 6) is -0.00453. The van der Waals surface area contributed by atoms with Gasteiger partial charge in [0.05, 0.1) is 5.52 Å². The van der Waals surface area contributed by atoms with Crippen molar-refractivity contribution < 1.29 is 4.79 Å². The first kappa shape index (κ1) is 17.2. The zero-order chi connectivity index (χ0) is 18.6. The maximum atomic E-state index is 12.4. The molecule has 0 spiro atoms. The number of aromatic nitrogens is 1. The van der Waals surface area contributed by atoms with Crippen molar-refractivity contribution in [3.8, 4) is 11.1 Å². The summed E-state index contributed by atoms with van der Waals surface area (Å²) in [6.07, 6.45) is 0. The van der Waals surface area contributed by atoms with Gasteiger partial charge in [-0.1, -0.05) is 56.6 Å². The first-order valence-corrected chi connectivity index (χ1v) is 9.36. The number of halogens is 1. The van der Waals surface area contributed by atoms with E-state index in [4.69, 9.17) is 11.6 Å². The number of aryl methyl sites for hydroxylation is 1. The predicted octanol–water partition coefficient (Wildman–Crippen LogP) is 5.31. The Morgan fingerprint density at radius 3 is 2.46 bits per heavy atom. The lowest BCUT2D eigenvalue weighted by Gasteiger charge is -2.20. The number of carbonyl (C=O) groups is 1. The van der Waals surface area contributed by atoms with E-state index in [1.807, 2.05) is 19.1 Å². The van der Waals surface area contributed by atoms with Crippen molar-refractivity contribution >= 4 is 28.4 Å². The Bertz CT molecular complexity index is 1020. The van der Waals surface area contributed by atoms with Gasteiger partial charge in [-0.15, -0.1) is 0 Å². The fraction of sp³-hybridized carbons (Fsp3) is 0.318. The molecule has 1 aliphatic rings. The third kappa shape index (κ3) is 2.62. The number of hydrogen-bond acceptors (Lipinski definition) is 1. The van der Waals surface area contributed by atoms with Crippen LogP contribution in [0.25, 0.3) is 22.0 Å². The molecule has 1 N–H and O–H groups in total. The lowest BCUT2D eigenvalue weighted by molar-refractivity contribution is 0.0928. The predicted molar refractivity (Wildman–Crippen MR) is 108 cm³/mol. The zero-order valence-corrected chi connectivity index (χ0v) is 16.4. The normalized spacial score (nSPS) is 14.4. The highest BCUT2D eigenvalue weighted by atomic mass is 35.5. The van der Waals surface area contributed by atoms with Gasteiger partial charge in [0.1, 0.15) is 5.69 Å². The number of rotatable bonds is 1. The second kappa shape index (κ2) is 5.88. The van der Waals surface area contributed by atoms with Crippen LogP contribution in [0.3, 0.4) is 0 Å². The molecule has 0 bridgehead atoms. The molecule has 4 heteroatoms. The van der Waals surface area contributed by atoms with Crippen LogP contribution >= 0.6 is 11.6 Å². The van der Waals surface area contributed by atoms with Crippen LogP contribution in [-0.4, -0.2) is 17.0 Å². The maximum absolute atomic E-state index is 12.4. The molecule has 0 saturated carbocycles. The molecule has 4 rings (SSSR count). The molecule has 0 atom stereocenters. The molecule has 2 heterocycles. The number of amides is 1. The molecule has 3 nitrogen and oxygen atoms in total. The highest BCUT2D eigenvalue weighted by Gasteiger charge is 2.25. The fourth-order valence-corrected chi connectivity index (χ4v) is 4.09. The molecular formula is C22H23ClN2O. The number of fused-ring (bicyclic) bond motifs is 3. The standard InChI is InChI=1S/C22H23ClN2O/c1-13-17-11-16(23)12-18(14-5-7-15(8-6-14)22(2,3)4)20(17)25-10-9-24-21(26)19(13)25/h5-8,11-12H,9-10H2,1-4H3,(H,24,26). The number of nitrogens with one attached hydrogen (secondary N) is 1. The minimum absolute atomic E-state index is 0.00453. The average molecular weight is 367 g/mol. The first-order chi connectivity index (χ1) is 12.3. The van der Waals surface area contributed by atoms with Crippen molar-refractivity contribution in [2.45, 2.75) is 39.7 Å². The van der Waals surface area contributed by atoms with Crippen LogP contribution in [0.5, 0.6) is 0 Å². The summed E-state index contributed by atoms with van der Waals surface area (Å²) in [7, 11) is 0. The molecule has 134 valence electrons. The van der Waals surface area contributed by atoms with Crippen molar-refractivity contribution in [3.05, 3.63) is 58.2 Å². The van der Waals surface area contributed by atoms with Gasteiger partial charge in [-0.2, -0.15) is 0 Å².